The van der Waals surface area contributed by atoms with Crippen LogP contribution in [0.2, 0.25) is 0 Å². The molecule has 0 fully saturated rings. The van der Waals surface area contributed by atoms with E-state index in [1.165, 1.54) is 0 Å². The van der Waals surface area contributed by atoms with E-state index in [2.05, 4.69) is 0 Å². The topological polar surface area (TPSA) is 92.2 Å². The van der Waals surface area contributed by atoms with Crippen molar-refractivity contribution in [3.05, 3.63) is 0 Å². The molecule has 0 saturated heterocycles. The molecule has 8 heteroatoms. The third kappa shape index (κ3) is 66.8. The number of halogens is 1. The molecule has 0 aromatic heterocycles. The molecule has 0 aliphatic heterocycles. The van der Waals surface area contributed by atoms with Crippen LogP contribution < -0.4 is 19.2 Å². The van der Waals surface area contributed by atoms with E-state index in [0.717, 1.165) is 0 Å². The molecular formula is HCa2ClO4Si. The van der Waals surface area contributed by atoms with Crippen LogP contribution in [0.5, 0.6) is 0 Å². The Balaban J connectivity index is -0.0000000267. The second-order valence-electron chi connectivity index (χ2n) is 0.500. The van der Waals surface area contributed by atoms with Crippen molar-refractivity contribution >= 4 is 96.9 Å². The third-order valence-corrected chi connectivity index (χ3v) is 0. The molecule has 4 nitrogen and oxygen atoms in total. The third-order valence-electron chi connectivity index (χ3n) is 0. The zero-order chi connectivity index (χ0) is 4.50. The summed E-state index contributed by atoms with van der Waals surface area (Å²) in [5.41, 5.74) is 0. The van der Waals surface area contributed by atoms with Crippen LogP contribution in [0.1, 0.15) is 0 Å². The molecule has 0 spiro atoms. The van der Waals surface area contributed by atoms with Crippen molar-refractivity contribution in [2.24, 2.45) is 0 Å². The van der Waals surface area contributed by atoms with Crippen LogP contribution >= 0.6 is 12.4 Å². The van der Waals surface area contributed by atoms with Crippen LogP contribution in [0, 0.1) is 0 Å². The maximum Gasteiger partial charge on any atom is 2.00 e. The molecule has 0 radical (unpaired) electrons. The van der Waals surface area contributed by atoms with Gasteiger partial charge in [-0.1, -0.05) is 0 Å². The molecule has 0 saturated carbocycles. The summed E-state index contributed by atoms with van der Waals surface area (Å²) in [6, 6.07) is 0. The Morgan fingerprint density at radius 3 is 0.750 bits per heavy atom. The minimum atomic E-state index is -5.61. The van der Waals surface area contributed by atoms with Crippen LogP contribution in [-0.4, -0.2) is 84.5 Å². The van der Waals surface area contributed by atoms with Gasteiger partial charge in [-0.05, 0) is 0 Å². The van der Waals surface area contributed by atoms with Crippen molar-refractivity contribution in [3.8, 4) is 0 Å². The van der Waals surface area contributed by atoms with Gasteiger partial charge in [0.15, 0.2) is 0 Å². The minimum Gasteiger partial charge on any atom is -0.894 e. The maximum absolute atomic E-state index is 8.58. The molecule has 0 aromatic rings. The molecule has 0 aliphatic rings. The van der Waals surface area contributed by atoms with Crippen molar-refractivity contribution in [3.63, 3.8) is 0 Å². The van der Waals surface area contributed by atoms with E-state index in [4.69, 9.17) is 19.2 Å². The van der Waals surface area contributed by atoms with Gasteiger partial charge in [-0.2, -0.15) is 0 Å². The van der Waals surface area contributed by atoms with Crippen LogP contribution in [0.3, 0.4) is 0 Å². The first kappa shape index (κ1) is 22.4. The van der Waals surface area contributed by atoms with Crippen molar-refractivity contribution in [1.29, 1.82) is 0 Å². The van der Waals surface area contributed by atoms with E-state index < -0.39 is 9.05 Å². The predicted molar refractivity (Wildman–Crippen MR) is 24.5 cm³/mol. The molecule has 0 rings (SSSR count). The molecule has 0 unspecified atom stereocenters. The first-order chi connectivity index (χ1) is 2.00. The van der Waals surface area contributed by atoms with Crippen LogP contribution in [0.25, 0.3) is 0 Å². The quantitative estimate of drug-likeness (QED) is 0.372. The summed E-state index contributed by atoms with van der Waals surface area (Å²) >= 11 is 0. The first-order valence-electron chi connectivity index (χ1n) is 0.816. The van der Waals surface area contributed by atoms with Crippen molar-refractivity contribution in [2.75, 3.05) is 0 Å². The Morgan fingerprint density at radius 1 is 0.750 bits per heavy atom. The normalized spacial score (nSPS) is 7.50. The number of hydrogen-bond acceptors (Lipinski definition) is 4. The average Bonchev–Trinajstić information content (AvgIpc) is 0.722. The van der Waals surface area contributed by atoms with Crippen molar-refractivity contribution in [1.82, 2.24) is 0 Å². The Morgan fingerprint density at radius 2 is 0.750 bits per heavy atom. The maximum atomic E-state index is 8.58. The van der Waals surface area contributed by atoms with Gasteiger partial charge in [-0.3, -0.25) is 0 Å². The van der Waals surface area contributed by atoms with Crippen LogP contribution in [0.15, 0.2) is 0 Å². The Kier molecular flexibility index (Phi) is 27.7. The van der Waals surface area contributed by atoms with Gasteiger partial charge in [0, 0.05) is 0 Å². The monoisotopic (exact) mass is 208 g/mol. The second kappa shape index (κ2) is 9.87. The molecule has 40 valence electrons. The van der Waals surface area contributed by atoms with E-state index in [1.54, 1.807) is 0 Å². The van der Waals surface area contributed by atoms with Gasteiger partial charge in [-0.15, -0.1) is 12.4 Å². The van der Waals surface area contributed by atoms with E-state index in [9.17, 15) is 0 Å². The van der Waals surface area contributed by atoms with Crippen molar-refractivity contribution in [2.45, 2.75) is 0 Å². The summed E-state index contributed by atoms with van der Waals surface area (Å²) in [5, 5.41) is 0. The van der Waals surface area contributed by atoms with E-state index in [1.807, 2.05) is 0 Å². The van der Waals surface area contributed by atoms with Crippen molar-refractivity contribution < 1.29 is 19.2 Å². The van der Waals surface area contributed by atoms with Gasteiger partial charge in [0.05, 0.1) is 0 Å². The molecule has 8 heavy (non-hydrogen) atoms. The molecular weight excluding hydrogens is 208 g/mol. The van der Waals surface area contributed by atoms with Gasteiger partial charge in [-0.25, -0.2) is 0 Å². The standard InChI is InChI=1S/2Ca.ClH.O4Si/c;;;1-5(2,3)4/h;;1H;/q2*+2;;-4. The first-order valence-corrected chi connectivity index (χ1v) is 2.45. The Labute approximate surface area is 114 Å². The van der Waals surface area contributed by atoms with Gasteiger partial charge >= 0.3 is 75.5 Å². The van der Waals surface area contributed by atoms with Gasteiger partial charge in [0.25, 0.3) is 0 Å². The molecule has 0 atom stereocenters. The van der Waals surface area contributed by atoms with E-state index >= 15 is 0 Å². The smallest absolute Gasteiger partial charge is 0.894 e. The van der Waals surface area contributed by atoms with Gasteiger partial charge < -0.3 is 28.2 Å². The van der Waals surface area contributed by atoms with Crippen LogP contribution in [0.4, 0.5) is 0 Å². The zero-order valence-corrected chi connectivity index (χ0v) is 10.2. The summed E-state index contributed by atoms with van der Waals surface area (Å²) in [5.74, 6) is 0. The van der Waals surface area contributed by atoms with E-state index in [-0.39, 0.29) is 87.9 Å². The molecule has 0 aromatic carbocycles. The second-order valence-corrected chi connectivity index (χ2v) is 1.50. The average molecular weight is 209 g/mol. The summed E-state index contributed by atoms with van der Waals surface area (Å²) in [6.07, 6.45) is 0. The number of rotatable bonds is 0. The molecule has 0 aliphatic carbocycles. The zero-order valence-electron chi connectivity index (χ0n) is 3.96. The summed E-state index contributed by atoms with van der Waals surface area (Å²) < 4.78 is 0. The largest absolute Gasteiger partial charge is 2.00 e. The van der Waals surface area contributed by atoms with Gasteiger partial charge in [0.2, 0.25) is 0 Å². The fraction of sp³-hybridized carbons (Fsp3) is 0. The fourth-order valence-electron chi connectivity index (χ4n) is 0. The molecule has 0 bridgehead atoms. The van der Waals surface area contributed by atoms with Crippen LogP contribution in [-0.2, 0) is 0 Å². The van der Waals surface area contributed by atoms with Gasteiger partial charge in [0.1, 0.15) is 0 Å². The fourth-order valence-corrected chi connectivity index (χ4v) is 0. The van der Waals surface area contributed by atoms with E-state index in [0.29, 0.717) is 0 Å². The minimum absolute atomic E-state index is 0. The molecule has 0 N–H and O–H groups in total. The summed E-state index contributed by atoms with van der Waals surface area (Å²) in [4.78, 5) is 34.3. The molecule has 0 amide bonds. The summed E-state index contributed by atoms with van der Waals surface area (Å²) in [6.45, 7) is 0. The molecule has 0 heterocycles. The Hall–Kier alpha value is 2.87. The Bertz CT molecular complexity index is 29.5. The SMILES string of the molecule is Cl.[Ca+2].[Ca+2].[O-][Si]([O-])([O-])[O-]. The predicted octanol–water partition coefficient (Wildman–Crippen LogP) is -5.48. The number of hydrogen-bond donors (Lipinski definition) is 0. The summed E-state index contributed by atoms with van der Waals surface area (Å²) in [7, 11) is -5.61.